The molecule has 102 valence electrons. The van der Waals surface area contributed by atoms with E-state index in [4.69, 9.17) is 0 Å². The third-order valence-electron chi connectivity index (χ3n) is 4.14. The lowest BCUT2D eigenvalue weighted by Crippen LogP contribution is -2.29. The van der Waals surface area contributed by atoms with Gasteiger partial charge in [-0.25, -0.2) is 0 Å². The number of hydrogen-bond acceptors (Lipinski definition) is 3. The fourth-order valence-electron chi connectivity index (χ4n) is 2.98. The highest BCUT2D eigenvalue weighted by atomic mass is 15.3. The highest BCUT2D eigenvalue weighted by molar-refractivity contribution is 4.85. The molecule has 0 spiro atoms. The van der Waals surface area contributed by atoms with Crippen LogP contribution in [0.3, 0.4) is 0 Å². The van der Waals surface area contributed by atoms with Crippen molar-refractivity contribution in [2.24, 2.45) is 13.0 Å². The Kier molecular flexibility index (Phi) is 5.17. The summed E-state index contributed by atoms with van der Waals surface area (Å²) in [6, 6.07) is 0.670. The van der Waals surface area contributed by atoms with Gasteiger partial charge in [-0.3, -0.25) is 0 Å². The molecule has 1 heterocycles. The van der Waals surface area contributed by atoms with Gasteiger partial charge in [0.05, 0.1) is 6.54 Å². The summed E-state index contributed by atoms with van der Waals surface area (Å²) in [5, 5.41) is 11.7. The van der Waals surface area contributed by atoms with Crippen molar-refractivity contribution >= 4 is 0 Å². The van der Waals surface area contributed by atoms with Crippen molar-refractivity contribution in [2.45, 2.75) is 64.5 Å². The van der Waals surface area contributed by atoms with Gasteiger partial charge in [0.1, 0.15) is 12.2 Å². The Balaban J connectivity index is 1.75. The lowest BCUT2D eigenvalue weighted by molar-refractivity contribution is 0.407. The average molecular weight is 250 g/mol. The number of nitrogens with one attached hydrogen (secondary N) is 1. The molecule has 0 aliphatic heterocycles. The Labute approximate surface area is 110 Å². The predicted molar refractivity (Wildman–Crippen MR) is 73.1 cm³/mol. The molecule has 2 rings (SSSR count). The monoisotopic (exact) mass is 250 g/mol. The van der Waals surface area contributed by atoms with Crippen LogP contribution in [0.5, 0.6) is 0 Å². The Morgan fingerprint density at radius 1 is 1.33 bits per heavy atom. The van der Waals surface area contributed by atoms with E-state index in [1.54, 1.807) is 6.33 Å². The van der Waals surface area contributed by atoms with Gasteiger partial charge in [0, 0.05) is 13.1 Å². The topological polar surface area (TPSA) is 42.7 Å². The van der Waals surface area contributed by atoms with Gasteiger partial charge in [-0.1, -0.05) is 32.6 Å². The van der Waals surface area contributed by atoms with Crippen LogP contribution in [-0.4, -0.2) is 20.8 Å². The molecular formula is C14H26N4. The normalized spacial score (nSPS) is 25.0. The van der Waals surface area contributed by atoms with E-state index in [2.05, 4.69) is 22.4 Å². The first-order chi connectivity index (χ1) is 8.79. The molecule has 1 saturated carbocycles. The second kappa shape index (κ2) is 6.88. The molecule has 0 radical (unpaired) electrons. The van der Waals surface area contributed by atoms with Gasteiger partial charge in [0.2, 0.25) is 0 Å². The Bertz CT molecular complexity index is 347. The molecular weight excluding hydrogens is 224 g/mol. The minimum atomic E-state index is 0.670. The van der Waals surface area contributed by atoms with E-state index < -0.39 is 0 Å². The van der Waals surface area contributed by atoms with Gasteiger partial charge in [0.15, 0.2) is 0 Å². The molecule has 2 atom stereocenters. The maximum Gasteiger partial charge on any atom is 0.146 e. The van der Waals surface area contributed by atoms with Crippen molar-refractivity contribution in [3.05, 3.63) is 12.2 Å². The number of aromatic nitrogens is 3. The molecule has 2 unspecified atom stereocenters. The van der Waals surface area contributed by atoms with Crippen molar-refractivity contribution in [3.8, 4) is 0 Å². The Morgan fingerprint density at radius 2 is 2.22 bits per heavy atom. The summed E-state index contributed by atoms with van der Waals surface area (Å²) in [5.74, 6) is 2.00. The summed E-state index contributed by atoms with van der Waals surface area (Å²) in [6.07, 6.45) is 11.3. The molecule has 0 amide bonds. The van der Waals surface area contributed by atoms with Crippen molar-refractivity contribution < 1.29 is 0 Å². The zero-order chi connectivity index (χ0) is 12.8. The first-order valence-corrected chi connectivity index (χ1v) is 7.35. The van der Waals surface area contributed by atoms with E-state index in [0.29, 0.717) is 6.04 Å². The van der Waals surface area contributed by atoms with Crippen molar-refractivity contribution in [1.82, 2.24) is 20.1 Å². The lowest BCUT2D eigenvalue weighted by atomic mass is 9.95. The van der Waals surface area contributed by atoms with Crippen molar-refractivity contribution in [3.63, 3.8) is 0 Å². The third kappa shape index (κ3) is 3.80. The minimum Gasteiger partial charge on any atom is -0.320 e. The maximum atomic E-state index is 4.12. The SMILES string of the molecule is CCCC1CCCC(NCc2nncn2C)CC1. The molecule has 0 saturated heterocycles. The summed E-state index contributed by atoms with van der Waals surface area (Å²) in [5.41, 5.74) is 0. The highest BCUT2D eigenvalue weighted by Crippen LogP contribution is 2.26. The van der Waals surface area contributed by atoms with E-state index in [-0.39, 0.29) is 0 Å². The van der Waals surface area contributed by atoms with Gasteiger partial charge in [-0.15, -0.1) is 10.2 Å². The smallest absolute Gasteiger partial charge is 0.146 e. The van der Waals surface area contributed by atoms with E-state index in [1.165, 1.54) is 44.9 Å². The van der Waals surface area contributed by atoms with Gasteiger partial charge < -0.3 is 9.88 Å². The van der Waals surface area contributed by atoms with E-state index >= 15 is 0 Å². The summed E-state index contributed by atoms with van der Waals surface area (Å²) >= 11 is 0. The number of hydrogen-bond donors (Lipinski definition) is 1. The van der Waals surface area contributed by atoms with Crippen LogP contribution in [-0.2, 0) is 13.6 Å². The number of nitrogens with zero attached hydrogens (tertiary/aromatic N) is 3. The van der Waals surface area contributed by atoms with Crippen LogP contribution >= 0.6 is 0 Å². The fourth-order valence-corrected chi connectivity index (χ4v) is 2.98. The van der Waals surface area contributed by atoms with Crippen LogP contribution < -0.4 is 5.32 Å². The molecule has 1 N–H and O–H groups in total. The van der Waals surface area contributed by atoms with Gasteiger partial charge in [-0.05, 0) is 25.2 Å². The Hall–Kier alpha value is -0.900. The molecule has 4 heteroatoms. The van der Waals surface area contributed by atoms with E-state index in [1.807, 2.05) is 11.6 Å². The number of aryl methyl sites for hydroxylation is 1. The van der Waals surface area contributed by atoms with Crippen LogP contribution in [0.25, 0.3) is 0 Å². The highest BCUT2D eigenvalue weighted by Gasteiger charge is 2.18. The summed E-state index contributed by atoms with van der Waals surface area (Å²) in [7, 11) is 2.00. The molecule has 0 bridgehead atoms. The molecule has 0 aromatic carbocycles. The van der Waals surface area contributed by atoms with Crippen LogP contribution in [0, 0.1) is 5.92 Å². The minimum absolute atomic E-state index is 0.670. The van der Waals surface area contributed by atoms with Crippen LogP contribution in [0.1, 0.15) is 57.7 Å². The van der Waals surface area contributed by atoms with Crippen LogP contribution in [0.2, 0.25) is 0 Å². The maximum absolute atomic E-state index is 4.12. The summed E-state index contributed by atoms with van der Waals surface area (Å²) < 4.78 is 1.99. The predicted octanol–water partition coefficient (Wildman–Crippen LogP) is 2.65. The molecule has 1 aliphatic carbocycles. The molecule has 1 aliphatic rings. The van der Waals surface area contributed by atoms with Gasteiger partial charge in [-0.2, -0.15) is 0 Å². The second-order valence-corrected chi connectivity index (χ2v) is 5.60. The zero-order valence-corrected chi connectivity index (χ0v) is 11.7. The number of rotatable bonds is 5. The molecule has 1 aromatic heterocycles. The van der Waals surface area contributed by atoms with Crippen molar-refractivity contribution in [1.29, 1.82) is 0 Å². The second-order valence-electron chi connectivity index (χ2n) is 5.60. The van der Waals surface area contributed by atoms with Gasteiger partial charge in [0.25, 0.3) is 0 Å². The molecule has 1 aromatic rings. The zero-order valence-electron chi connectivity index (χ0n) is 11.7. The quantitative estimate of drug-likeness (QED) is 0.817. The molecule has 4 nitrogen and oxygen atoms in total. The first kappa shape index (κ1) is 13.5. The molecule has 1 fully saturated rings. The first-order valence-electron chi connectivity index (χ1n) is 7.35. The van der Waals surface area contributed by atoms with E-state index in [0.717, 1.165) is 18.3 Å². The van der Waals surface area contributed by atoms with Crippen LogP contribution in [0.4, 0.5) is 0 Å². The van der Waals surface area contributed by atoms with Gasteiger partial charge >= 0.3 is 0 Å². The largest absolute Gasteiger partial charge is 0.320 e. The summed E-state index contributed by atoms with van der Waals surface area (Å²) in [6.45, 7) is 3.15. The standard InChI is InChI=1S/C14H26N4/c1-3-5-12-6-4-7-13(9-8-12)15-10-14-17-16-11-18(14)2/h11-13,15H,3-10H2,1-2H3. The molecule has 18 heavy (non-hydrogen) atoms. The fraction of sp³-hybridized carbons (Fsp3) is 0.857. The summed E-state index contributed by atoms with van der Waals surface area (Å²) in [4.78, 5) is 0. The van der Waals surface area contributed by atoms with Crippen LogP contribution in [0.15, 0.2) is 6.33 Å². The van der Waals surface area contributed by atoms with Crippen molar-refractivity contribution in [2.75, 3.05) is 0 Å². The lowest BCUT2D eigenvalue weighted by Gasteiger charge is -2.16. The third-order valence-corrected chi connectivity index (χ3v) is 4.14. The Morgan fingerprint density at radius 3 is 2.94 bits per heavy atom. The van der Waals surface area contributed by atoms with E-state index in [9.17, 15) is 0 Å². The average Bonchev–Trinajstić information content (AvgIpc) is 2.63.